The van der Waals surface area contributed by atoms with Crippen LogP contribution in [0.25, 0.3) is 17.2 Å². The van der Waals surface area contributed by atoms with E-state index in [0.717, 1.165) is 36.8 Å². The van der Waals surface area contributed by atoms with Gasteiger partial charge in [0.15, 0.2) is 0 Å². The van der Waals surface area contributed by atoms with Crippen molar-refractivity contribution in [2.75, 3.05) is 18.6 Å². The monoisotopic (exact) mass is 469 g/mol. The first-order valence-electron chi connectivity index (χ1n) is 9.94. The Hall–Kier alpha value is -2.48. The van der Waals surface area contributed by atoms with Crippen LogP contribution in [0.3, 0.4) is 0 Å². The normalized spacial score (nSPS) is 14.3. The summed E-state index contributed by atoms with van der Waals surface area (Å²) >= 11 is 5.66. The highest BCUT2D eigenvalue weighted by atomic mass is 32.9. The summed E-state index contributed by atoms with van der Waals surface area (Å²) in [5.74, 6) is 1.36. The fourth-order valence-electron chi connectivity index (χ4n) is 3.85. The molecule has 4 rings (SSSR count). The van der Waals surface area contributed by atoms with Gasteiger partial charge < -0.3 is 9.47 Å². The lowest BCUT2D eigenvalue weighted by atomic mass is 9.87. The van der Waals surface area contributed by atoms with Gasteiger partial charge in [-0.1, -0.05) is 57.2 Å². The van der Waals surface area contributed by atoms with Crippen LogP contribution in [0.2, 0.25) is 0 Å². The van der Waals surface area contributed by atoms with Gasteiger partial charge in [-0.05, 0) is 50.6 Å². The summed E-state index contributed by atoms with van der Waals surface area (Å²) in [6, 6.07) is 13.5. The maximum absolute atomic E-state index is 13.6. The third kappa shape index (κ3) is 3.82. The molecule has 1 aliphatic rings. The summed E-state index contributed by atoms with van der Waals surface area (Å²) in [6.45, 7) is 6.59. The first kappa shape index (κ1) is 21.7. The molecule has 0 saturated heterocycles. The Bertz CT molecular complexity index is 1210. The number of fused-ring (bicyclic) bond motifs is 3. The van der Waals surface area contributed by atoms with E-state index in [4.69, 9.17) is 21.7 Å². The van der Waals surface area contributed by atoms with Gasteiger partial charge in [0.2, 0.25) is 0 Å². The molecule has 3 aromatic rings. The minimum absolute atomic E-state index is 0.107. The Morgan fingerprint density at radius 2 is 1.90 bits per heavy atom. The average Bonchev–Trinajstić information content (AvgIpc) is 3.16. The molecule has 160 valence electrons. The number of rotatable bonds is 5. The van der Waals surface area contributed by atoms with E-state index in [0.29, 0.717) is 12.4 Å². The topological polar surface area (TPSA) is 38.8 Å². The molecular formula is C24H23NO3S3. The van der Waals surface area contributed by atoms with Crippen molar-refractivity contribution in [2.45, 2.75) is 26.3 Å². The van der Waals surface area contributed by atoms with Gasteiger partial charge in [0.25, 0.3) is 5.91 Å². The zero-order chi connectivity index (χ0) is 22.2. The van der Waals surface area contributed by atoms with Crippen LogP contribution in [0.4, 0.5) is 5.69 Å². The highest BCUT2D eigenvalue weighted by Crippen LogP contribution is 2.54. The largest absolute Gasteiger partial charge is 0.497 e. The zero-order valence-electron chi connectivity index (χ0n) is 17.8. The number of para-hydroxylation sites is 1. The first-order valence-corrected chi connectivity index (χ1v) is 12.5. The Kier molecular flexibility index (Phi) is 6.01. The molecule has 2 heterocycles. The van der Waals surface area contributed by atoms with E-state index in [1.807, 2.05) is 60.4 Å². The molecule has 1 aromatic heterocycles. The second kappa shape index (κ2) is 8.57. The third-order valence-corrected chi connectivity index (χ3v) is 8.62. The van der Waals surface area contributed by atoms with Crippen LogP contribution in [-0.4, -0.2) is 19.6 Å². The smallest absolute Gasteiger partial charge is 0.251 e. The van der Waals surface area contributed by atoms with Crippen LogP contribution >= 0.6 is 32.9 Å². The molecule has 2 aromatic carbocycles. The number of hydrogen-bond acceptors (Lipinski definition) is 6. The summed E-state index contributed by atoms with van der Waals surface area (Å²) in [5, 5.41) is 0. The number of benzene rings is 2. The molecule has 1 aliphatic heterocycles. The van der Waals surface area contributed by atoms with Gasteiger partial charge in [0, 0.05) is 17.2 Å². The van der Waals surface area contributed by atoms with E-state index < -0.39 is 5.54 Å². The number of carbonyl (C=O) groups is 1. The van der Waals surface area contributed by atoms with E-state index in [1.54, 1.807) is 33.9 Å². The highest BCUT2D eigenvalue weighted by molar-refractivity contribution is 7.80. The van der Waals surface area contributed by atoms with Crippen LogP contribution in [0.1, 0.15) is 31.2 Å². The molecule has 31 heavy (non-hydrogen) atoms. The predicted molar refractivity (Wildman–Crippen MR) is 132 cm³/mol. The van der Waals surface area contributed by atoms with Crippen LogP contribution in [0, 0.1) is 3.82 Å². The zero-order valence-corrected chi connectivity index (χ0v) is 20.2. The van der Waals surface area contributed by atoms with E-state index >= 15 is 0 Å². The molecular weight excluding hydrogens is 446 g/mol. The minimum Gasteiger partial charge on any atom is -0.497 e. The van der Waals surface area contributed by atoms with E-state index in [1.165, 1.54) is 0 Å². The predicted octanol–water partition coefficient (Wildman–Crippen LogP) is 6.91. The summed E-state index contributed by atoms with van der Waals surface area (Å²) in [4.78, 5) is 16.5. The van der Waals surface area contributed by atoms with Crippen molar-refractivity contribution >= 4 is 50.6 Å². The van der Waals surface area contributed by atoms with Gasteiger partial charge in [0.1, 0.15) is 15.3 Å². The van der Waals surface area contributed by atoms with Gasteiger partial charge in [-0.25, -0.2) is 0 Å². The number of methoxy groups -OCH3 is 1. The van der Waals surface area contributed by atoms with E-state index in [2.05, 4.69) is 13.8 Å². The molecule has 1 amide bonds. The molecule has 0 fully saturated rings. The van der Waals surface area contributed by atoms with Crippen molar-refractivity contribution in [1.82, 2.24) is 0 Å². The second-order valence-corrected chi connectivity index (χ2v) is 10.4. The van der Waals surface area contributed by atoms with Gasteiger partial charge in [0.05, 0.1) is 29.8 Å². The highest BCUT2D eigenvalue weighted by Gasteiger charge is 2.43. The lowest BCUT2D eigenvalue weighted by Gasteiger charge is -2.43. The molecule has 0 saturated carbocycles. The van der Waals surface area contributed by atoms with Crippen molar-refractivity contribution in [1.29, 1.82) is 0 Å². The lowest BCUT2D eigenvalue weighted by molar-refractivity contribution is -0.115. The van der Waals surface area contributed by atoms with E-state index in [9.17, 15) is 4.79 Å². The number of carbonyl (C=O) groups excluding carboxylic acids is 1. The van der Waals surface area contributed by atoms with Crippen molar-refractivity contribution in [2.24, 2.45) is 0 Å². The van der Waals surface area contributed by atoms with E-state index in [-0.39, 0.29) is 5.91 Å². The van der Waals surface area contributed by atoms with Crippen molar-refractivity contribution < 1.29 is 14.3 Å². The number of hydrogen-bond donors (Lipinski definition) is 0. The Balaban J connectivity index is 1.82. The standard InChI is InChI=1S/C24H23NO3S3/c1-5-28-18-8-6-7-17-20-22(30-31-23(20)29)24(2,3)25(21(17)18)19(26)14-11-15-9-12-16(27-4)13-10-15/h6-14H,5H2,1-4H3/b14-11+. The number of amides is 1. The maximum atomic E-state index is 13.6. The van der Waals surface area contributed by atoms with Gasteiger partial charge in [-0.15, -0.1) is 0 Å². The third-order valence-electron chi connectivity index (χ3n) is 5.29. The summed E-state index contributed by atoms with van der Waals surface area (Å²) in [6.07, 6.45) is 3.44. The molecule has 4 nitrogen and oxygen atoms in total. The fraction of sp³-hybridized carbons (Fsp3) is 0.250. The van der Waals surface area contributed by atoms with Crippen LogP contribution in [-0.2, 0) is 10.3 Å². The molecule has 7 heteroatoms. The fourth-order valence-corrected chi connectivity index (χ4v) is 7.13. The number of anilines is 1. The second-order valence-electron chi connectivity index (χ2n) is 7.58. The van der Waals surface area contributed by atoms with Crippen molar-refractivity contribution in [3.05, 3.63) is 62.8 Å². The molecule has 0 bridgehead atoms. The Morgan fingerprint density at radius 1 is 1.16 bits per heavy atom. The van der Waals surface area contributed by atoms with Gasteiger partial charge >= 0.3 is 0 Å². The Morgan fingerprint density at radius 3 is 2.58 bits per heavy atom. The first-order chi connectivity index (χ1) is 14.9. The Labute approximate surface area is 194 Å². The molecule has 0 N–H and O–H groups in total. The number of ether oxygens (including phenoxy) is 2. The lowest BCUT2D eigenvalue weighted by Crippen LogP contribution is -2.47. The minimum atomic E-state index is -0.560. The van der Waals surface area contributed by atoms with Gasteiger partial charge in [-0.2, -0.15) is 0 Å². The quantitative estimate of drug-likeness (QED) is 0.231. The SMILES string of the molecule is CCOc1cccc2c1N(C(=O)/C=C/c1ccc(OC)cc1)C(C)(C)c1ssc(=S)c1-2. The van der Waals surface area contributed by atoms with Crippen molar-refractivity contribution in [3.63, 3.8) is 0 Å². The van der Waals surface area contributed by atoms with Crippen LogP contribution < -0.4 is 14.4 Å². The average molecular weight is 470 g/mol. The molecule has 0 aliphatic carbocycles. The molecule has 0 atom stereocenters. The summed E-state index contributed by atoms with van der Waals surface area (Å²) in [5.41, 5.74) is 3.15. The van der Waals surface area contributed by atoms with Crippen LogP contribution in [0.15, 0.2) is 48.5 Å². The van der Waals surface area contributed by atoms with Crippen molar-refractivity contribution in [3.8, 4) is 22.6 Å². The molecule has 0 unspecified atom stereocenters. The van der Waals surface area contributed by atoms with Crippen LogP contribution in [0.5, 0.6) is 11.5 Å². The summed E-state index contributed by atoms with van der Waals surface area (Å²) < 4.78 is 12.0. The molecule has 0 spiro atoms. The molecule has 0 radical (unpaired) electrons. The maximum Gasteiger partial charge on any atom is 0.251 e. The summed E-state index contributed by atoms with van der Waals surface area (Å²) in [7, 11) is 4.86. The van der Waals surface area contributed by atoms with Gasteiger partial charge in [-0.3, -0.25) is 9.69 Å². The number of nitrogens with zero attached hydrogens (tertiary/aromatic N) is 1.